The molecule has 1 saturated heterocycles. The summed E-state index contributed by atoms with van der Waals surface area (Å²) in [4.78, 5) is 23.9. The van der Waals surface area contributed by atoms with Crippen LogP contribution in [0.15, 0.2) is 12.7 Å². The van der Waals surface area contributed by atoms with Crippen LogP contribution in [0.4, 0.5) is 0 Å². The van der Waals surface area contributed by atoms with Crippen molar-refractivity contribution in [1.29, 1.82) is 0 Å². The van der Waals surface area contributed by atoms with Gasteiger partial charge in [0.1, 0.15) is 18.1 Å². The molecular weight excluding hydrogens is 260 g/mol. The number of hydrogen-bond donors (Lipinski definition) is 1. The Bertz CT molecular complexity index is 669. The van der Waals surface area contributed by atoms with Crippen LogP contribution in [-0.4, -0.2) is 36.7 Å². The molecule has 0 aromatic carbocycles. The molecule has 1 aliphatic heterocycles. The van der Waals surface area contributed by atoms with Gasteiger partial charge in [0.25, 0.3) is 0 Å². The lowest BCUT2D eigenvalue weighted by atomic mass is 9.93. The highest BCUT2D eigenvalue weighted by atomic mass is 16.5. The average Bonchev–Trinajstić information content (AvgIpc) is 2.94. The maximum absolute atomic E-state index is 11.2. The first-order valence-electron chi connectivity index (χ1n) is 6.53. The molecule has 0 radical (unpaired) electrons. The molecule has 2 aromatic rings. The number of ether oxygens (including phenoxy) is 1. The van der Waals surface area contributed by atoms with Crippen LogP contribution in [0.25, 0.3) is 11.2 Å². The number of carboxylic acids is 1. The molecule has 1 N–H and O–H groups in total. The van der Waals surface area contributed by atoms with E-state index < -0.39 is 12.1 Å². The fourth-order valence-corrected chi connectivity index (χ4v) is 2.69. The number of aromatic nitrogens is 4. The Labute approximate surface area is 115 Å². The lowest BCUT2D eigenvalue weighted by molar-refractivity contribution is -0.153. The van der Waals surface area contributed by atoms with E-state index >= 15 is 0 Å². The van der Waals surface area contributed by atoms with Crippen molar-refractivity contribution in [2.45, 2.75) is 33.1 Å². The molecule has 4 unspecified atom stereocenters. The second-order valence-electron chi connectivity index (χ2n) is 5.29. The topological polar surface area (TPSA) is 90.1 Å². The minimum absolute atomic E-state index is 0.0590. The van der Waals surface area contributed by atoms with Gasteiger partial charge < -0.3 is 9.84 Å². The first-order valence-corrected chi connectivity index (χ1v) is 6.53. The SMILES string of the molecule is Cc1ncnc2c1ncn2C1OC(C(=O)O)C(C)C1C. The lowest BCUT2D eigenvalue weighted by Gasteiger charge is -2.17. The molecule has 2 aromatic heterocycles. The zero-order valence-corrected chi connectivity index (χ0v) is 11.5. The predicted octanol–water partition coefficient (Wildman–Crippen LogP) is 1.39. The summed E-state index contributed by atoms with van der Waals surface area (Å²) in [6, 6.07) is 0. The van der Waals surface area contributed by atoms with Crippen molar-refractivity contribution in [3.8, 4) is 0 Å². The second kappa shape index (κ2) is 4.52. The maximum Gasteiger partial charge on any atom is 0.333 e. The van der Waals surface area contributed by atoms with Gasteiger partial charge in [-0.2, -0.15) is 0 Å². The summed E-state index contributed by atoms with van der Waals surface area (Å²) < 4.78 is 7.50. The van der Waals surface area contributed by atoms with Gasteiger partial charge in [-0.3, -0.25) is 4.57 Å². The first-order chi connectivity index (χ1) is 9.50. The first kappa shape index (κ1) is 13.0. The minimum Gasteiger partial charge on any atom is -0.479 e. The van der Waals surface area contributed by atoms with Crippen molar-refractivity contribution < 1.29 is 14.6 Å². The third kappa shape index (κ3) is 1.77. The smallest absolute Gasteiger partial charge is 0.333 e. The summed E-state index contributed by atoms with van der Waals surface area (Å²) in [5.41, 5.74) is 2.18. The van der Waals surface area contributed by atoms with E-state index in [1.807, 2.05) is 20.8 Å². The van der Waals surface area contributed by atoms with Gasteiger partial charge in [0, 0.05) is 11.8 Å². The highest BCUT2D eigenvalue weighted by molar-refractivity contribution is 5.74. The summed E-state index contributed by atoms with van der Waals surface area (Å²) in [5, 5.41) is 9.20. The molecule has 0 aliphatic carbocycles. The molecule has 0 bridgehead atoms. The van der Waals surface area contributed by atoms with Crippen molar-refractivity contribution in [1.82, 2.24) is 19.5 Å². The monoisotopic (exact) mass is 276 g/mol. The van der Waals surface area contributed by atoms with E-state index in [1.54, 1.807) is 10.9 Å². The number of fused-ring (bicyclic) bond motifs is 1. The van der Waals surface area contributed by atoms with Gasteiger partial charge in [-0.25, -0.2) is 19.7 Å². The van der Waals surface area contributed by atoms with E-state index in [0.29, 0.717) is 5.65 Å². The van der Waals surface area contributed by atoms with Crippen LogP contribution in [0, 0.1) is 18.8 Å². The van der Waals surface area contributed by atoms with Crippen LogP contribution in [-0.2, 0) is 9.53 Å². The molecule has 3 rings (SSSR count). The van der Waals surface area contributed by atoms with Crippen molar-refractivity contribution in [3.63, 3.8) is 0 Å². The number of carbonyl (C=O) groups is 1. The maximum atomic E-state index is 11.2. The van der Waals surface area contributed by atoms with Gasteiger partial charge in [0.15, 0.2) is 11.8 Å². The van der Waals surface area contributed by atoms with E-state index in [-0.39, 0.29) is 18.1 Å². The summed E-state index contributed by atoms with van der Waals surface area (Å²) in [5.74, 6) is -0.941. The Kier molecular flexibility index (Phi) is 2.93. The molecule has 20 heavy (non-hydrogen) atoms. The van der Waals surface area contributed by atoms with E-state index in [2.05, 4.69) is 15.0 Å². The predicted molar refractivity (Wildman–Crippen MR) is 69.9 cm³/mol. The Balaban J connectivity index is 2.04. The summed E-state index contributed by atoms with van der Waals surface area (Å²) in [7, 11) is 0. The van der Waals surface area contributed by atoms with Gasteiger partial charge in [-0.15, -0.1) is 0 Å². The standard InChI is InChI=1S/C13H16N4O3/c1-6-7(2)12(20-10(6)13(18)19)17-5-16-9-8(3)14-4-15-11(9)17/h4-7,10,12H,1-3H3,(H,18,19). The largest absolute Gasteiger partial charge is 0.479 e. The molecule has 0 amide bonds. The van der Waals surface area contributed by atoms with Crippen molar-refractivity contribution in [3.05, 3.63) is 18.3 Å². The lowest BCUT2D eigenvalue weighted by Crippen LogP contribution is -2.25. The Hall–Kier alpha value is -2.02. The number of imidazole rings is 1. The van der Waals surface area contributed by atoms with Gasteiger partial charge in [-0.05, 0) is 6.92 Å². The molecule has 1 fully saturated rings. The normalized spacial score (nSPS) is 29.9. The Morgan fingerprint density at radius 3 is 2.70 bits per heavy atom. The number of rotatable bonds is 2. The van der Waals surface area contributed by atoms with Crippen molar-refractivity contribution >= 4 is 17.1 Å². The van der Waals surface area contributed by atoms with Crippen LogP contribution in [0.1, 0.15) is 25.8 Å². The number of aliphatic carboxylic acids is 1. The molecule has 0 saturated carbocycles. The highest BCUT2D eigenvalue weighted by Gasteiger charge is 2.44. The number of aryl methyl sites for hydroxylation is 1. The zero-order chi connectivity index (χ0) is 14.4. The van der Waals surface area contributed by atoms with Crippen molar-refractivity contribution in [2.75, 3.05) is 0 Å². The molecule has 106 valence electrons. The number of carboxylic acid groups (broad SMARTS) is 1. The summed E-state index contributed by atoms with van der Waals surface area (Å²) in [6.07, 6.45) is 1.96. The molecule has 7 nitrogen and oxygen atoms in total. The van der Waals surface area contributed by atoms with E-state index in [1.165, 1.54) is 6.33 Å². The van der Waals surface area contributed by atoms with E-state index in [0.717, 1.165) is 11.2 Å². The van der Waals surface area contributed by atoms with Gasteiger partial charge in [0.2, 0.25) is 0 Å². The van der Waals surface area contributed by atoms with Crippen LogP contribution in [0.2, 0.25) is 0 Å². The van der Waals surface area contributed by atoms with Crippen LogP contribution in [0.5, 0.6) is 0 Å². The molecule has 0 spiro atoms. The summed E-state index contributed by atoms with van der Waals surface area (Å²) >= 11 is 0. The molecule has 1 aliphatic rings. The quantitative estimate of drug-likeness (QED) is 0.891. The van der Waals surface area contributed by atoms with E-state index in [9.17, 15) is 9.90 Å². The number of hydrogen-bond acceptors (Lipinski definition) is 5. The molecular formula is C13H16N4O3. The molecule has 3 heterocycles. The van der Waals surface area contributed by atoms with Crippen LogP contribution < -0.4 is 0 Å². The Morgan fingerprint density at radius 2 is 2.05 bits per heavy atom. The fraction of sp³-hybridized carbons (Fsp3) is 0.538. The van der Waals surface area contributed by atoms with Crippen LogP contribution in [0.3, 0.4) is 0 Å². The summed E-state index contributed by atoms with van der Waals surface area (Å²) in [6.45, 7) is 5.74. The minimum atomic E-state index is -0.929. The van der Waals surface area contributed by atoms with Gasteiger partial charge in [0.05, 0.1) is 12.0 Å². The van der Waals surface area contributed by atoms with E-state index in [4.69, 9.17) is 4.74 Å². The zero-order valence-electron chi connectivity index (χ0n) is 11.5. The second-order valence-corrected chi connectivity index (χ2v) is 5.29. The molecule has 7 heteroatoms. The average molecular weight is 276 g/mol. The Morgan fingerprint density at radius 1 is 1.30 bits per heavy atom. The fourth-order valence-electron chi connectivity index (χ4n) is 2.69. The van der Waals surface area contributed by atoms with Crippen LogP contribution >= 0.6 is 0 Å². The highest BCUT2D eigenvalue weighted by Crippen LogP contribution is 2.39. The van der Waals surface area contributed by atoms with Gasteiger partial charge >= 0.3 is 5.97 Å². The third-order valence-electron chi connectivity index (χ3n) is 4.10. The molecule has 4 atom stereocenters. The number of nitrogens with zero attached hydrogens (tertiary/aromatic N) is 4. The third-order valence-corrected chi connectivity index (χ3v) is 4.10. The van der Waals surface area contributed by atoms with Gasteiger partial charge in [-0.1, -0.05) is 13.8 Å². The van der Waals surface area contributed by atoms with Crippen molar-refractivity contribution in [2.24, 2.45) is 11.8 Å².